The van der Waals surface area contributed by atoms with E-state index in [1.807, 2.05) is 0 Å². The number of amides is 1. The molecule has 0 fully saturated rings. The van der Waals surface area contributed by atoms with Gasteiger partial charge in [-0.3, -0.25) is 14.8 Å². The summed E-state index contributed by atoms with van der Waals surface area (Å²) < 4.78 is 61.8. The Morgan fingerprint density at radius 1 is 1.22 bits per heavy atom. The molecule has 0 radical (unpaired) electrons. The van der Waals surface area contributed by atoms with Crippen molar-refractivity contribution in [2.75, 3.05) is 19.3 Å². The number of sulfone groups is 1. The molecule has 0 bridgehead atoms. The molecule has 1 amide bonds. The minimum absolute atomic E-state index is 0.0487. The number of aromatic nitrogens is 2. The van der Waals surface area contributed by atoms with Gasteiger partial charge in [-0.25, -0.2) is 13.4 Å². The van der Waals surface area contributed by atoms with Gasteiger partial charge in [0, 0.05) is 30.4 Å². The van der Waals surface area contributed by atoms with Crippen LogP contribution in [-0.2, 0) is 9.84 Å². The molecule has 8 nitrogen and oxygen atoms in total. The number of aryl methyl sites for hydroxylation is 1. The first-order valence-corrected chi connectivity index (χ1v) is 11.6. The van der Waals surface area contributed by atoms with Crippen LogP contribution in [0, 0.1) is 6.92 Å². The maximum atomic E-state index is 13.1. The number of alkyl halides is 3. The van der Waals surface area contributed by atoms with Crippen molar-refractivity contribution in [1.82, 2.24) is 19.9 Å². The van der Waals surface area contributed by atoms with Crippen LogP contribution in [0.15, 0.2) is 34.5 Å². The topological polar surface area (TPSA) is 95.8 Å². The Morgan fingerprint density at radius 2 is 1.94 bits per heavy atom. The van der Waals surface area contributed by atoms with Crippen LogP contribution >= 0.6 is 0 Å². The number of fused-ring (bicyclic) bond motifs is 1. The highest BCUT2D eigenvalue weighted by Gasteiger charge is 2.43. The summed E-state index contributed by atoms with van der Waals surface area (Å²) in [5.41, 5.74) is 2.46. The Hall–Kier alpha value is -3.02. The third kappa shape index (κ3) is 4.06. The zero-order valence-corrected chi connectivity index (χ0v) is 18.3. The number of hydrazone groups is 1. The van der Waals surface area contributed by atoms with Gasteiger partial charge in [-0.2, -0.15) is 18.3 Å². The third-order valence-electron chi connectivity index (χ3n) is 5.46. The Bertz CT molecular complexity index is 1230. The second-order valence-corrected chi connectivity index (χ2v) is 9.96. The number of nitrogens with zero attached hydrogens (tertiary/aromatic N) is 5. The van der Waals surface area contributed by atoms with E-state index < -0.39 is 34.6 Å². The number of hydrogen-bond donors (Lipinski definition) is 0. The zero-order valence-electron chi connectivity index (χ0n) is 17.5. The van der Waals surface area contributed by atoms with Gasteiger partial charge in [-0.15, -0.1) is 0 Å². The van der Waals surface area contributed by atoms with Gasteiger partial charge in [-0.05, 0) is 31.5 Å². The van der Waals surface area contributed by atoms with Crippen LogP contribution in [0.3, 0.4) is 0 Å². The van der Waals surface area contributed by atoms with Crippen LogP contribution in [0.4, 0.5) is 13.2 Å². The first kappa shape index (κ1) is 22.2. The summed E-state index contributed by atoms with van der Waals surface area (Å²) in [4.78, 5) is 23.3. The van der Waals surface area contributed by atoms with E-state index in [1.54, 1.807) is 19.9 Å². The summed E-state index contributed by atoms with van der Waals surface area (Å²) in [6, 6.07) is 2.03. The van der Waals surface area contributed by atoms with E-state index in [-0.39, 0.29) is 17.3 Å². The quantitative estimate of drug-likeness (QED) is 0.686. The van der Waals surface area contributed by atoms with Crippen LogP contribution < -0.4 is 0 Å². The number of hydrogen-bond acceptors (Lipinski definition) is 7. The van der Waals surface area contributed by atoms with Gasteiger partial charge < -0.3 is 4.90 Å². The van der Waals surface area contributed by atoms with Gasteiger partial charge in [0.15, 0.2) is 9.84 Å². The molecule has 2 atom stereocenters. The van der Waals surface area contributed by atoms with Crippen molar-refractivity contribution in [2.24, 2.45) is 5.10 Å². The lowest BCUT2D eigenvalue weighted by Crippen LogP contribution is -2.42. The molecular weight excluding hydrogens is 447 g/mol. The minimum atomic E-state index is -4.39. The number of pyridine rings is 2. The molecule has 170 valence electrons. The fraction of sp³-hybridized carbons (Fsp3) is 0.400. The number of halogens is 3. The molecule has 2 aliphatic heterocycles. The third-order valence-corrected chi connectivity index (χ3v) is 6.54. The van der Waals surface area contributed by atoms with Crippen molar-refractivity contribution in [1.29, 1.82) is 0 Å². The molecule has 0 spiro atoms. The van der Waals surface area contributed by atoms with Crippen molar-refractivity contribution in [2.45, 2.75) is 37.0 Å². The van der Waals surface area contributed by atoms with Crippen molar-refractivity contribution < 1.29 is 26.4 Å². The maximum absolute atomic E-state index is 13.1. The standard InChI is InChI=1S/C20H20F3N5O3S/c1-11-4-16(13-5-15(8-24-6-13)32(3,30)31)26-18-12(2)28(19(29)17(11)18)14-7-25-27(9-14)10-20(21,22)23/h4-8,12,14H,9-10H2,1-3H3/t12-,14?/m0/s1. The van der Waals surface area contributed by atoms with E-state index in [4.69, 9.17) is 0 Å². The predicted molar refractivity (Wildman–Crippen MR) is 110 cm³/mol. The smallest absolute Gasteiger partial charge is 0.320 e. The van der Waals surface area contributed by atoms with Crippen molar-refractivity contribution in [3.8, 4) is 11.3 Å². The average Bonchev–Trinajstić information content (AvgIpc) is 3.22. The number of carbonyl (C=O) groups is 1. The molecule has 1 unspecified atom stereocenters. The van der Waals surface area contributed by atoms with Gasteiger partial charge >= 0.3 is 6.18 Å². The lowest BCUT2D eigenvalue weighted by atomic mass is 10.0. The molecule has 2 aromatic heterocycles. The highest BCUT2D eigenvalue weighted by Crippen LogP contribution is 2.38. The van der Waals surface area contributed by atoms with E-state index in [0.29, 0.717) is 28.1 Å². The fourth-order valence-electron chi connectivity index (χ4n) is 4.02. The van der Waals surface area contributed by atoms with E-state index in [1.165, 1.54) is 29.6 Å². The normalized spacial score (nSPS) is 20.9. The van der Waals surface area contributed by atoms with Crippen LogP contribution in [0.2, 0.25) is 0 Å². The van der Waals surface area contributed by atoms with E-state index in [0.717, 1.165) is 11.3 Å². The Kier molecular flexibility index (Phi) is 5.23. The van der Waals surface area contributed by atoms with Crippen molar-refractivity contribution >= 4 is 22.0 Å². The van der Waals surface area contributed by atoms with Gasteiger partial charge in [0.1, 0.15) is 6.54 Å². The molecule has 32 heavy (non-hydrogen) atoms. The van der Waals surface area contributed by atoms with Crippen LogP contribution in [0.5, 0.6) is 0 Å². The SMILES string of the molecule is Cc1cc(-c2cncc(S(C)(=O)=O)c2)nc2c1C(=O)N(C1C=NN(CC(F)(F)F)C1)[C@H]2C. The van der Waals surface area contributed by atoms with E-state index in [9.17, 15) is 26.4 Å². The summed E-state index contributed by atoms with van der Waals surface area (Å²) in [5, 5.41) is 4.70. The molecule has 0 saturated carbocycles. The molecule has 0 saturated heterocycles. The largest absolute Gasteiger partial charge is 0.407 e. The molecule has 0 aliphatic carbocycles. The molecule has 4 rings (SSSR count). The Morgan fingerprint density at radius 3 is 2.59 bits per heavy atom. The summed E-state index contributed by atoms with van der Waals surface area (Å²) in [5.74, 6) is -0.322. The predicted octanol–water partition coefficient (Wildman–Crippen LogP) is 2.60. The lowest BCUT2D eigenvalue weighted by molar-refractivity contribution is -0.145. The van der Waals surface area contributed by atoms with E-state index >= 15 is 0 Å². The van der Waals surface area contributed by atoms with Crippen LogP contribution in [-0.4, -0.2) is 72.0 Å². The summed E-state index contributed by atoms with van der Waals surface area (Å²) in [6.45, 7) is 2.25. The van der Waals surface area contributed by atoms with E-state index in [2.05, 4.69) is 15.1 Å². The Balaban J connectivity index is 1.66. The van der Waals surface area contributed by atoms with Crippen LogP contribution in [0.1, 0.15) is 34.6 Å². The van der Waals surface area contributed by atoms with Gasteiger partial charge in [0.05, 0.1) is 40.5 Å². The molecule has 12 heteroatoms. The second kappa shape index (κ2) is 7.54. The Labute approximate surface area is 182 Å². The average molecular weight is 467 g/mol. The maximum Gasteiger partial charge on any atom is 0.407 e. The molecule has 4 heterocycles. The zero-order chi connectivity index (χ0) is 23.4. The molecular formula is C20H20F3N5O3S. The van der Waals surface area contributed by atoms with Crippen LogP contribution in [0.25, 0.3) is 11.3 Å². The fourth-order valence-corrected chi connectivity index (χ4v) is 4.61. The van der Waals surface area contributed by atoms with Crippen molar-refractivity contribution in [3.05, 3.63) is 41.3 Å². The lowest BCUT2D eigenvalue weighted by Gasteiger charge is -2.27. The van der Waals surface area contributed by atoms with Gasteiger partial charge in [0.25, 0.3) is 5.91 Å². The molecule has 2 aromatic rings. The first-order valence-electron chi connectivity index (χ1n) is 9.70. The second-order valence-electron chi connectivity index (χ2n) is 7.95. The highest BCUT2D eigenvalue weighted by molar-refractivity contribution is 7.90. The minimum Gasteiger partial charge on any atom is -0.320 e. The van der Waals surface area contributed by atoms with Crippen molar-refractivity contribution in [3.63, 3.8) is 0 Å². The van der Waals surface area contributed by atoms with Gasteiger partial charge in [0.2, 0.25) is 0 Å². The summed E-state index contributed by atoms with van der Waals surface area (Å²) in [7, 11) is -3.46. The molecule has 0 aromatic carbocycles. The molecule has 0 N–H and O–H groups in total. The monoisotopic (exact) mass is 467 g/mol. The summed E-state index contributed by atoms with van der Waals surface area (Å²) >= 11 is 0. The first-order chi connectivity index (χ1) is 14.8. The molecule has 2 aliphatic rings. The number of carbonyl (C=O) groups excluding carboxylic acids is 1. The summed E-state index contributed by atoms with van der Waals surface area (Å²) in [6.07, 6.45) is 0.776. The highest BCUT2D eigenvalue weighted by atomic mass is 32.2. The van der Waals surface area contributed by atoms with Gasteiger partial charge in [-0.1, -0.05) is 0 Å². The number of rotatable bonds is 4.